The predicted molar refractivity (Wildman–Crippen MR) is 73.5 cm³/mol. The van der Waals surface area contributed by atoms with E-state index in [1.165, 1.54) is 17.7 Å². The molecule has 1 saturated carbocycles. The minimum atomic E-state index is -1.01. The number of aliphatic carboxylic acids is 1. The van der Waals surface area contributed by atoms with Crippen molar-refractivity contribution in [3.8, 4) is 0 Å². The fourth-order valence-electron chi connectivity index (χ4n) is 3.00. The highest BCUT2D eigenvalue weighted by Gasteiger charge is 2.34. The van der Waals surface area contributed by atoms with Gasteiger partial charge in [-0.3, -0.25) is 0 Å². The molecule has 0 aromatic carbocycles. The highest BCUT2D eigenvalue weighted by atomic mass is 16.5. The van der Waals surface area contributed by atoms with E-state index in [2.05, 4.69) is 12.2 Å². The minimum Gasteiger partial charge on any atom is -0.480 e. The summed E-state index contributed by atoms with van der Waals surface area (Å²) < 4.78 is 5.15. The standard InChI is InChI=1S/C14H24N2O4/c1-10-5-3-2-4-6-11(10)15-14(19)16-7-8-20-9-12(16)13(17)18/h10-12H,2-9H2,1H3,(H,15,19)(H,17,18). The summed E-state index contributed by atoms with van der Waals surface area (Å²) in [6, 6.07) is -0.980. The molecule has 1 saturated heterocycles. The molecule has 2 rings (SSSR count). The van der Waals surface area contributed by atoms with E-state index in [0.29, 0.717) is 19.1 Å². The quantitative estimate of drug-likeness (QED) is 0.752. The molecule has 6 nitrogen and oxygen atoms in total. The number of urea groups is 1. The first-order chi connectivity index (χ1) is 9.59. The molecule has 0 radical (unpaired) electrons. The Morgan fingerprint density at radius 3 is 2.75 bits per heavy atom. The van der Waals surface area contributed by atoms with Gasteiger partial charge in [0.1, 0.15) is 0 Å². The third-order valence-electron chi connectivity index (χ3n) is 4.34. The molecule has 2 fully saturated rings. The third-order valence-corrected chi connectivity index (χ3v) is 4.34. The molecule has 0 aromatic rings. The van der Waals surface area contributed by atoms with E-state index in [1.54, 1.807) is 0 Å². The molecule has 0 bridgehead atoms. The van der Waals surface area contributed by atoms with Gasteiger partial charge in [0.05, 0.1) is 13.2 Å². The zero-order valence-corrected chi connectivity index (χ0v) is 12.0. The van der Waals surface area contributed by atoms with E-state index in [9.17, 15) is 9.59 Å². The Morgan fingerprint density at radius 1 is 1.25 bits per heavy atom. The van der Waals surface area contributed by atoms with Gasteiger partial charge >= 0.3 is 12.0 Å². The molecule has 20 heavy (non-hydrogen) atoms. The van der Waals surface area contributed by atoms with Gasteiger partial charge in [0.25, 0.3) is 0 Å². The van der Waals surface area contributed by atoms with Gasteiger partial charge in [0, 0.05) is 12.6 Å². The van der Waals surface area contributed by atoms with Crippen LogP contribution in [-0.4, -0.2) is 53.8 Å². The minimum absolute atomic E-state index is 0.0724. The molecule has 2 N–H and O–H groups in total. The molecule has 114 valence electrons. The monoisotopic (exact) mass is 284 g/mol. The average molecular weight is 284 g/mol. The molecule has 6 heteroatoms. The second-order valence-electron chi connectivity index (χ2n) is 5.79. The van der Waals surface area contributed by atoms with Crippen LogP contribution in [0.2, 0.25) is 0 Å². The van der Waals surface area contributed by atoms with Crippen molar-refractivity contribution in [2.24, 2.45) is 5.92 Å². The number of nitrogens with zero attached hydrogens (tertiary/aromatic N) is 1. The van der Waals surface area contributed by atoms with Crippen LogP contribution in [0.4, 0.5) is 4.79 Å². The molecular formula is C14H24N2O4. The van der Waals surface area contributed by atoms with Gasteiger partial charge in [-0.1, -0.05) is 26.2 Å². The number of rotatable bonds is 2. The first-order valence-corrected chi connectivity index (χ1v) is 7.47. The first kappa shape index (κ1) is 15.1. The number of carboxylic acid groups (broad SMARTS) is 1. The van der Waals surface area contributed by atoms with Gasteiger partial charge in [-0.25, -0.2) is 9.59 Å². The lowest BCUT2D eigenvalue weighted by molar-refractivity contribution is -0.147. The van der Waals surface area contributed by atoms with Gasteiger partial charge in [-0.05, 0) is 18.8 Å². The molecule has 2 amide bonds. The highest BCUT2D eigenvalue weighted by molar-refractivity contribution is 5.83. The zero-order chi connectivity index (χ0) is 14.5. The van der Waals surface area contributed by atoms with Crippen molar-refractivity contribution in [1.29, 1.82) is 0 Å². The van der Waals surface area contributed by atoms with Crippen LogP contribution in [0, 0.1) is 5.92 Å². The molecule has 0 aromatic heterocycles. The Bertz CT molecular complexity index is 361. The number of nitrogens with one attached hydrogen (secondary N) is 1. The van der Waals surface area contributed by atoms with Gasteiger partial charge in [0.2, 0.25) is 0 Å². The van der Waals surface area contributed by atoms with E-state index in [0.717, 1.165) is 19.3 Å². The van der Waals surface area contributed by atoms with Gasteiger partial charge in [0.15, 0.2) is 6.04 Å². The largest absolute Gasteiger partial charge is 0.480 e. The van der Waals surface area contributed by atoms with E-state index >= 15 is 0 Å². The van der Waals surface area contributed by atoms with Crippen LogP contribution in [0.3, 0.4) is 0 Å². The smallest absolute Gasteiger partial charge is 0.328 e. The van der Waals surface area contributed by atoms with Crippen molar-refractivity contribution >= 4 is 12.0 Å². The fraction of sp³-hybridized carbons (Fsp3) is 0.857. The molecule has 1 heterocycles. The maximum atomic E-state index is 12.3. The summed E-state index contributed by atoms with van der Waals surface area (Å²) in [4.78, 5) is 24.9. The molecule has 3 unspecified atom stereocenters. The summed E-state index contributed by atoms with van der Waals surface area (Å²) in [5, 5.41) is 12.2. The average Bonchev–Trinajstić information content (AvgIpc) is 2.64. The van der Waals surface area contributed by atoms with E-state index in [1.807, 2.05) is 0 Å². The Morgan fingerprint density at radius 2 is 2.00 bits per heavy atom. The summed E-state index contributed by atoms with van der Waals surface area (Å²) in [7, 11) is 0. The van der Waals surface area contributed by atoms with Crippen LogP contribution in [0.25, 0.3) is 0 Å². The topological polar surface area (TPSA) is 78.9 Å². The Balaban J connectivity index is 1.96. The maximum Gasteiger partial charge on any atom is 0.328 e. The first-order valence-electron chi connectivity index (χ1n) is 7.47. The number of hydrogen-bond donors (Lipinski definition) is 2. The third kappa shape index (κ3) is 3.62. The number of hydrogen-bond acceptors (Lipinski definition) is 3. The number of carbonyl (C=O) groups is 2. The van der Waals surface area contributed by atoms with Crippen molar-refractivity contribution in [3.63, 3.8) is 0 Å². The van der Waals surface area contributed by atoms with Crippen LogP contribution in [-0.2, 0) is 9.53 Å². The summed E-state index contributed by atoms with van der Waals surface area (Å²) in [6.45, 7) is 2.97. The zero-order valence-electron chi connectivity index (χ0n) is 12.0. The molecule has 1 aliphatic carbocycles. The van der Waals surface area contributed by atoms with Crippen LogP contribution in [0.15, 0.2) is 0 Å². The van der Waals surface area contributed by atoms with Crippen LogP contribution < -0.4 is 5.32 Å². The van der Waals surface area contributed by atoms with E-state index < -0.39 is 12.0 Å². The second kappa shape index (κ2) is 6.92. The van der Waals surface area contributed by atoms with Crippen LogP contribution in [0.5, 0.6) is 0 Å². The molecule has 2 aliphatic rings. The SMILES string of the molecule is CC1CCCCCC1NC(=O)N1CCOCC1C(=O)O. The lowest BCUT2D eigenvalue weighted by Gasteiger charge is -2.35. The second-order valence-corrected chi connectivity index (χ2v) is 5.79. The predicted octanol–water partition coefficient (Wildman–Crippen LogP) is 1.45. The van der Waals surface area contributed by atoms with Crippen molar-refractivity contribution in [3.05, 3.63) is 0 Å². The van der Waals surface area contributed by atoms with Crippen LogP contribution >= 0.6 is 0 Å². The fourth-order valence-corrected chi connectivity index (χ4v) is 3.00. The number of amides is 2. The van der Waals surface area contributed by atoms with Gasteiger partial charge in [-0.2, -0.15) is 0 Å². The summed E-state index contributed by atoms with van der Waals surface area (Å²) in [5.74, 6) is -0.556. The van der Waals surface area contributed by atoms with Crippen LogP contribution in [0.1, 0.15) is 39.0 Å². The Kier molecular flexibility index (Phi) is 5.23. The van der Waals surface area contributed by atoms with E-state index in [4.69, 9.17) is 9.84 Å². The van der Waals surface area contributed by atoms with E-state index in [-0.39, 0.29) is 18.7 Å². The van der Waals surface area contributed by atoms with Crippen molar-refractivity contribution < 1.29 is 19.4 Å². The molecule has 3 atom stereocenters. The lowest BCUT2D eigenvalue weighted by Crippen LogP contribution is -2.57. The summed E-state index contributed by atoms with van der Waals surface area (Å²) in [6.07, 6.45) is 5.65. The van der Waals surface area contributed by atoms with Gasteiger partial charge in [-0.15, -0.1) is 0 Å². The molecule has 0 spiro atoms. The number of carboxylic acids is 1. The maximum absolute atomic E-state index is 12.3. The molecular weight excluding hydrogens is 260 g/mol. The number of morpholine rings is 1. The number of carbonyl (C=O) groups excluding carboxylic acids is 1. The Hall–Kier alpha value is -1.30. The normalized spacial score (nSPS) is 31.4. The highest BCUT2D eigenvalue weighted by Crippen LogP contribution is 2.23. The van der Waals surface area contributed by atoms with Crippen molar-refractivity contribution in [1.82, 2.24) is 10.2 Å². The Labute approximate surface area is 119 Å². The summed E-state index contributed by atoms with van der Waals surface area (Å²) in [5.41, 5.74) is 0. The molecule has 1 aliphatic heterocycles. The lowest BCUT2D eigenvalue weighted by atomic mass is 9.97. The van der Waals surface area contributed by atoms with Gasteiger partial charge < -0.3 is 20.1 Å². The van der Waals surface area contributed by atoms with Crippen molar-refractivity contribution in [2.45, 2.75) is 51.1 Å². The summed E-state index contributed by atoms with van der Waals surface area (Å²) >= 11 is 0. The number of ether oxygens (including phenoxy) is 1. The van der Waals surface area contributed by atoms with Crippen molar-refractivity contribution in [2.75, 3.05) is 19.8 Å².